The van der Waals surface area contributed by atoms with Gasteiger partial charge >= 0.3 is 0 Å². The third-order valence-corrected chi connectivity index (χ3v) is 4.03. The van der Waals surface area contributed by atoms with Crippen LogP contribution in [-0.4, -0.2) is 13.1 Å². The molecule has 0 aromatic heterocycles. The van der Waals surface area contributed by atoms with Crippen LogP contribution >= 0.6 is 0 Å². The maximum absolute atomic E-state index is 13.0. The van der Waals surface area contributed by atoms with E-state index in [0.717, 1.165) is 25.1 Å². The van der Waals surface area contributed by atoms with Gasteiger partial charge in [0.15, 0.2) is 0 Å². The fourth-order valence-corrected chi connectivity index (χ4v) is 2.42. The average Bonchev–Trinajstić information content (AvgIpc) is 2.13. The third-order valence-electron chi connectivity index (χ3n) is 4.03. The van der Waals surface area contributed by atoms with E-state index in [2.05, 4.69) is 19.2 Å². The first-order valence-corrected chi connectivity index (χ1v) is 5.99. The van der Waals surface area contributed by atoms with E-state index < -0.39 is 0 Å². The highest BCUT2D eigenvalue weighted by atomic mass is 19.1. The van der Waals surface area contributed by atoms with Crippen molar-refractivity contribution in [3.8, 4) is 0 Å². The average molecular weight is 221 g/mol. The van der Waals surface area contributed by atoms with Gasteiger partial charge < -0.3 is 5.32 Å². The molecule has 2 heteroatoms. The summed E-state index contributed by atoms with van der Waals surface area (Å²) in [5, 5.41) is 3.36. The summed E-state index contributed by atoms with van der Waals surface area (Å²) in [4.78, 5) is 0. The first-order valence-electron chi connectivity index (χ1n) is 5.99. The molecule has 1 fully saturated rings. The highest BCUT2D eigenvalue weighted by Crippen LogP contribution is 2.36. The van der Waals surface area contributed by atoms with Crippen LogP contribution in [0, 0.1) is 24.1 Å². The predicted molar refractivity (Wildman–Crippen MR) is 65.0 cm³/mol. The Morgan fingerprint density at radius 1 is 1.38 bits per heavy atom. The molecule has 1 aromatic carbocycles. The van der Waals surface area contributed by atoms with Gasteiger partial charge in [-0.25, -0.2) is 4.39 Å². The van der Waals surface area contributed by atoms with Crippen LogP contribution in [0.5, 0.6) is 0 Å². The smallest absolute Gasteiger partial charge is 0.123 e. The van der Waals surface area contributed by atoms with Crippen LogP contribution in [0.2, 0.25) is 0 Å². The molecule has 1 N–H and O–H groups in total. The largest absolute Gasteiger partial charge is 0.315 e. The van der Waals surface area contributed by atoms with Gasteiger partial charge in [0.25, 0.3) is 0 Å². The van der Waals surface area contributed by atoms with Crippen molar-refractivity contribution in [2.45, 2.75) is 27.2 Å². The van der Waals surface area contributed by atoms with Crippen LogP contribution in [0.3, 0.4) is 0 Å². The molecule has 16 heavy (non-hydrogen) atoms. The van der Waals surface area contributed by atoms with E-state index in [-0.39, 0.29) is 5.82 Å². The molecule has 1 aromatic rings. The second-order valence-electron chi connectivity index (χ2n) is 5.37. The summed E-state index contributed by atoms with van der Waals surface area (Å²) >= 11 is 0. The fourth-order valence-electron chi connectivity index (χ4n) is 2.42. The third kappa shape index (κ3) is 1.99. The molecule has 0 bridgehead atoms. The van der Waals surface area contributed by atoms with Crippen molar-refractivity contribution < 1.29 is 4.39 Å². The lowest BCUT2D eigenvalue weighted by atomic mass is 9.68. The van der Waals surface area contributed by atoms with Crippen LogP contribution in [0.15, 0.2) is 18.2 Å². The standard InChI is InChI=1S/C14H20FN/c1-10(2)14(8-16-9-14)7-12-4-5-13(15)6-11(12)3/h4-6,10,16H,7-9H2,1-3H3. The van der Waals surface area contributed by atoms with E-state index in [1.165, 1.54) is 5.56 Å². The van der Waals surface area contributed by atoms with E-state index in [9.17, 15) is 4.39 Å². The Morgan fingerprint density at radius 3 is 2.50 bits per heavy atom. The number of aryl methyl sites for hydroxylation is 1. The Hall–Kier alpha value is -0.890. The molecular weight excluding hydrogens is 201 g/mol. The Balaban J connectivity index is 2.20. The van der Waals surface area contributed by atoms with Crippen molar-refractivity contribution in [1.82, 2.24) is 5.32 Å². The lowest BCUT2D eigenvalue weighted by Crippen LogP contribution is -2.57. The molecule has 0 aliphatic carbocycles. The van der Waals surface area contributed by atoms with Crippen molar-refractivity contribution in [1.29, 1.82) is 0 Å². The molecule has 0 amide bonds. The lowest BCUT2D eigenvalue weighted by Gasteiger charge is -2.46. The SMILES string of the molecule is Cc1cc(F)ccc1CC1(C(C)C)CNC1. The van der Waals surface area contributed by atoms with Gasteiger partial charge in [0.1, 0.15) is 5.82 Å². The minimum atomic E-state index is -0.133. The molecule has 1 saturated heterocycles. The van der Waals surface area contributed by atoms with Gasteiger partial charge in [0.05, 0.1) is 0 Å². The van der Waals surface area contributed by atoms with Crippen LogP contribution in [-0.2, 0) is 6.42 Å². The minimum absolute atomic E-state index is 0.133. The van der Waals surface area contributed by atoms with Crippen LogP contribution in [0.25, 0.3) is 0 Å². The van der Waals surface area contributed by atoms with Gasteiger partial charge in [0.2, 0.25) is 0 Å². The molecule has 0 saturated carbocycles. The number of hydrogen-bond acceptors (Lipinski definition) is 1. The molecular formula is C14H20FN. The van der Waals surface area contributed by atoms with E-state index in [1.54, 1.807) is 12.1 Å². The summed E-state index contributed by atoms with van der Waals surface area (Å²) in [7, 11) is 0. The van der Waals surface area contributed by atoms with E-state index in [0.29, 0.717) is 11.3 Å². The highest BCUT2D eigenvalue weighted by molar-refractivity contribution is 5.28. The number of rotatable bonds is 3. The number of hydrogen-bond donors (Lipinski definition) is 1. The zero-order valence-electron chi connectivity index (χ0n) is 10.3. The van der Waals surface area contributed by atoms with Crippen LogP contribution in [0.1, 0.15) is 25.0 Å². The molecule has 0 spiro atoms. The quantitative estimate of drug-likeness (QED) is 0.827. The zero-order chi connectivity index (χ0) is 11.8. The van der Waals surface area contributed by atoms with Gasteiger partial charge in [-0.3, -0.25) is 0 Å². The van der Waals surface area contributed by atoms with Crippen LogP contribution in [0.4, 0.5) is 4.39 Å². The summed E-state index contributed by atoms with van der Waals surface area (Å²) < 4.78 is 13.0. The van der Waals surface area contributed by atoms with Gasteiger partial charge in [-0.1, -0.05) is 19.9 Å². The Bertz CT molecular complexity index is 380. The Labute approximate surface area is 97.1 Å². The van der Waals surface area contributed by atoms with Crippen molar-refractivity contribution in [3.63, 3.8) is 0 Å². The summed E-state index contributed by atoms with van der Waals surface area (Å²) in [5.41, 5.74) is 2.74. The zero-order valence-corrected chi connectivity index (χ0v) is 10.3. The van der Waals surface area contributed by atoms with E-state index >= 15 is 0 Å². The molecule has 1 nitrogen and oxygen atoms in total. The number of nitrogens with one attached hydrogen (secondary N) is 1. The maximum atomic E-state index is 13.0. The van der Waals surface area contributed by atoms with Crippen molar-refractivity contribution >= 4 is 0 Å². The second kappa shape index (κ2) is 4.17. The molecule has 1 aliphatic rings. The first-order chi connectivity index (χ1) is 7.53. The lowest BCUT2D eigenvalue weighted by molar-refractivity contribution is 0.0992. The molecule has 1 heterocycles. The molecule has 0 atom stereocenters. The monoisotopic (exact) mass is 221 g/mol. The number of halogens is 1. The number of benzene rings is 1. The van der Waals surface area contributed by atoms with Gasteiger partial charge in [-0.15, -0.1) is 0 Å². The summed E-state index contributed by atoms with van der Waals surface area (Å²) in [6.45, 7) is 8.72. The summed E-state index contributed by atoms with van der Waals surface area (Å²) in [5.74, 6) is 0.532. The second-order valence-corrected chi connectivity index (χ2v) is 5.37. The fraction of sp³-hybridized carbons (Fsp3) is 0.571. The Kier molecular flexibility index (Phi) is 3.02. The molecule has 88 valence electrons. The Morgan fingerprint density at radius 2 is 2.06 bits per heavy atom. The first kappa shape index (κ1) is 11.6. The minimum Gasteiger partial charge on any atom is -0.315 e. The van der Waals surface area contributed by atoms with Crippen molar-refractivity contribution in [2.75, 3.05) is 13.1 Å². The maximum Gasteiger partial charge on any atom is 0.123 e. The van der Waals surface area contributed by atoms with E-state index in [4.69, 9.17) is 0 Å². The predicted octanol–water partition coefficient (Wildman–Crippen LogP) is 2.92. The van der Waals surface area contributed by atoms with Crippen LogP contribution < -0.4 is 5.32 Å². The molecule has 2 rings (SSSR count). The normalized spacial score (nSPS) is 18.6. The van der Waals surface area contributed by atoms with Gasteiger partial charge in [-0.2, -0.15) is 0 Å². The summed E-state index contributed by atoms with van der Waals surface area (Å²) in [6, 6.07) is 5.14. The molecule has 0 unspecified atom stereocenters. The van der Waals surface area contributed by atoms with Crippen molar-refractivity contribution in [3.05, 3.63) is 35.1 Å². The topological polar surface area (TPSA) is 12.0 Å². The summed E-state index contributed by atoms with van der Waals surface area (Å²) in [6.07, 6.45) is 1.06. The van der Waals surface area contributed by atoms with Gasteiger partial charge in [-0.05, 0) is 42.5 Å². The highest BCUT2D eigenvalue weighted by Gasteiger charge is 2.39. The van der Waals surface area contributed by atoms with Crippen molar-refractivity contribution in [2.24, 2.45) is 11.3 Å². The molecule has 1 aliphatic heterocycles. The van der Waals surface area contributed by atoms with E-state index in [1.807, 2.05) is 13.0 Å². The van der Waals surface area contributed by atoms with Gasteiger partial charge in [0, 0.05) is 18.5 Å². The molecule has 0 radical (unpaired) electrons.